The van der Waals surface area contributed by atoms with E-state index in [1.165, 1.54) is 0 Å². The van der Waals surface area contributed by atoms with E-state index in [2.05, 4.69) is 21.8 Å². The lowest BCUT2D eigenvalue weighted by Crippen LogP contribution is -2.45. The summed E-state index contributed by atoms with van der Waals surface area (Å²) in [5, 5.41) is 23.4. The van der Waals surface area contributed by atoms with Crippen molar-refractivity contribution in [3.8, 4) is 5.75 Å². The number of pyridine rings is 1. The third-order valence-corrected chi connectivity index (χ3v) is 4.10. The molecule has 7 heteroatoms. The van der Waals surface area contributed by atoms with Crippen molar-refractivity contribution < 1.29 is 10.2 Å². The first kappa shape index (κ1) is 22.1. The second-order valence-electron chi connectivity index (χ2n) is 5.46. The van der Waals surface area contributed by atoms with Gasteiger partial charge < -0.3 is 15.5 Å². The van der Waals surface area contributed by atoms with Crippen LogP contribution < -0.4 is 5.32 Å². The Morgan fingerprint density at radius 3 is 2.61 bits per heavy atom. The molecule has 0 saturated carbocycles. The van der Waals surface area contributed by atoms with Crippen molar-refractivity contribution in [3.63, 3.8) is 0 Å². The maximum Gasteiger partial charge on any atom is 0.141 e. The molecular weight excluding hydrogens is 337 g/mol. The molecule has 2 heterocycles. The van der Waals surface area contributed by atoms with Crippen LogP contribution >= 0.6 is 24.8 Å². The van der Waals surface area contributed by atoms with Crippen molar-refractivity contribution in [2.24, 2.45) is 0 Å². The zero-order chi connectivity index (χ0) is 15.2. The van der Waals surface area contributed by atoms with Crippen molar-refractivity contribution >= 4 is 24.8 Å². The summed E-state index contributed by atoms with van der Waals surface area (Å²) in [4.78, 5) is 6.53. The first-order valence-corrected chi connectivity index (χ1v) is 7.53. The second-order valence-corrected chi connectivity index (χ2v) is 5.46. The van der Waals surface area contributed by atoms with Crippen LogP contribution in [0.1, 0.15) is 35.7 Å². The van der Waals surface area contributed by atoms with Gasteiger partial charge in [-0.1, -0.05) is 6.08 Å². The molecule has 0 aliphatic carbocycles. The monoisotopic (exact) mass is 363 g/mol. The van der Waals surface area contributed by atoms with Gasteiger partial charge in [-0.25, -0.2) is 0 Å². The van der Waals surface area contributed by atoms with Crippen LogP contribution in [0.5, 0.6) is 5.75 Å². The highest BCUT2D eigenvalue weighted by molar-refractivity contribution is 5.85. The van der Waals surface area contributed by atoms with Crippen LogP contribution in [-0.2, 0) is 6.61 Å². The zero-order valence-corrected chi connectivity index (χ0v) is 15.1. The first-order valence-electron chi connectivity index (χ1n) is 7.53. The molecule has 1 atom stereocenters. The summed E-state index contributed by atoms with van der Waals surface area (Å²) in [6.45, 7) is 9.26. The summed E-state index contributed by atoms with van der Waals surface area (Å²) < 4.78 is 0. The molecule has 0 spiro atoms. The quantitative estimate of drug-likeness (QED) is 0.676. The van der Waals surface area contributed by atoms with Crippen molar-refractivity contribution in [1.82, 2.24) is 15.2 Å². The summed E-state index contributed by atoms with van der Waals surface area (Å²) in [7, 11) is 0. The Hall–Kier alpha value is -0.850. The van der Waals surface area contributed by atoms with E-state index < -0.39 is 0 Å². The molecule has 1 aliphatic rings. The highest BCUT2D eigenvalue weighted by atomic mass is 35.5. The van der Waals surface area contributed by atoms with Gasteiger partial charge in [0.05, 0.1) is 12.3 Å². The standard InChI is InChI=1S/C16H25N3O2.2ClH/c1-3-4-5-14(19-8-6-17-7-9-19)15-13(11-20)10-18-12(2)16(15)21;;/h3,10,14,17,20-21H,1,4-9,11H2,2H3;2*1H/t14-;;/m1../s1. The Labute approximate surface area is 150 Å². The number of aromatic nitrogens is 1. The fourth-order valence-corrected chi connectivity index (χ4v) is 2.93. The van der Waals surface area contributed by atoms with Crippen molar-refractivity contribution in [2.45, 2.75) is 32.4 Å². The molecule has 2 rings (SSSR count). The molecule has 5 nitrogen and oxygen atoms in total. The molecule has 0 aromatic carbocycles. The van der Waals surface area contributed by atoms with Gasteiger partial charge in [0.25, 0.3) is 0 Å². The smallest absolute Gasteiger partial charge is 0.141 e. The van der Waals surface area contributed by atoms with Crippen LogP contribution in [0.25, 0.3) is 0 Å². The maximum atomic E-state index is 10.5. The number of hydrogen-bond donors (Lipinski definition) is 3. The van der Waals surface area contributed by atoms with Gasteiger partial charge >= 0.3 is 0 Å². The van der Waals surface area contributed by atoms with Gasteiger partial charge in [-0.05, 0) is 19.8 Å². The van der Waals surface area contributed by atoms with Gasteiger partial charge in [-0.2, -0.15) is 0 Å². The van der Waals surface area contributed by atoms with E-state index in [-0.39, 0.29) is 43.2 Å². The number of aryl methyl sites for hydroxylation is 1. The highest BCUT2D eigenvalue weighted by Gasteiger charge is 2.27. The lowest BCUT2D eigenvalue weighted by molar-refractivity contribution is 0.160. The lowest BCUT2D eigenvalue weighted by Gasteiger charge is -2.36. The fraction of sp³-hybridized carbons (Fsp3) is 0.562. The minimum Gasteiger partial charge on any atom is -0.506 e. The number of allylic oxidation sites excluding steroid dienone is 1. The fourth-order valence-electron chi connectivity index (χ4n) is 2.93. The minimum atomic E-state index is -0.104. The Bertz CT molecular complexity index is 494. The SMILES string of the molecule is C=CCC[C@H](c1c(CO)cnc(C)c1O)N1CCNCC1.Cl.Cl. The van der Waals surface area contributed by atoms with E-state index in [9.17, 15) is 10.2 Å². The molecule has 1 aromatic heterocycles. The summed E-state index contributed by atoms with van der Waals surface area (Å²) in [5.74, 6) is 0.217. The molecule has 0 unspecified atom stereocenters. The van der Waals surface area contributed by atoms with E-state index in [4.69, 9.17) is 0 Å². The molecule has 3 N–H and O–H groups in total. The minimum absolute atomic E-state index is 0. The average molecular weight is 364 g/mol. The third kappa shape index (κ3) is 5.33. The van der Waals surface area contributed by atoms with Crippen LogP contribution in [0.2, 0.25) is 0 Å². The number of halogens is 2. The zero-order valence-electron chi connectivity index (χ0n) is 13.5. The number of piperazine rings is 1. The van der Waals surface area contributed by atoms with Crippen LogP contribution in [0, 0.1) is 6.92 Å². The van der Waals surface area contributed by atoms with Crippen LogP contribution in [0.4, 0.5) is 0 Å². The molecule has 1 fully saturated rings. The molecule has 1 saturated heterocycles. The van der Waals surface area contributed by atoms with E-state index in [1.54, 1.807) is 13.1 Å². The van der Waals surface area contributed by atoms with Crippen LogP contribution in [0.3, 0.4) is 0 Å². The molecule has 0 amide bonds. The number of aliphatic hydroxyl groups is 1. The average Bonchev–Trinajstić information content (AvgIpc) is 2.52. The Kier molecular flexibility index (Phi) is 10.4. The summed E-state index contributed by atoms with van der Waals surface area (Å²) in [6.07, 6.45) is 5.33. The second kappa shape index (κ2) is 10.8. The van der Waals surface area contributed by atoms with Gasteiger partial charge in [0.1, 0.15) is 5.75 Å². The molecule has 0 radical (unpaired) electrons. The number of aliphatic hydroxyl groups excluding tert-OH is 1. The Morgan fingerprint density at radius 1 is 1.39 bits per heavy atom. The van der Waals surface area contributed by atoms with Crippen molar-refractivity contribution in [1.29, 1.82) is 0 Å². The van der Waals surface area contributed by atoms with Gasteiger partial charge in [0.2, 0.25) is 0 Å². The van der Waals surface area contributed by atoms with Crippen LogP contribution in [-0.4, -0.2) is 46.3 Å². The molecule has 0 bridgehead atoms. The Morgan fingerprint density at radius 2 is 2.04 bits per heavy atom. The van der Waals surface area contributed by atoms with Gasteiger partial charge in [-0.15, -0.1) is 31.4 Å². The summed E-state index contributed by atoms with van der Waals surface area (Å²) >= 11 is 0. The summed E-state index contributed by atoms with van der Waals surface area (Å²) in [6, 6.07) is 0.0916. The molecular formula is C16H27Cl2N3O2. The number of hydrogen-bond acceptors (Lipinski definition) is 5. The van der Waals surface area contributed by atoms with E-state index in [0.717, 1.165) is 44.6 Å². The normalized spacial score (nSPS) is 16.1. The number of rotatable bonds is 6. The van der Waals surface area contributed by atoms with Crippen molar-refractivity contribution in [3.05, 3.63) is 35.7 Å². The van der Waals surface area contributed by atoms with E-state index >= 15 is 0 Å². The molecule has 23 heavy (non-hydrogen) atoms. The van der Waals surface area contributed by atoms with E-state index in [0.29, 0.717) is 11.3 Å². The highest BCUT2D eigenvalue weighted by Crippen LogP contribution is 2.36. The molecule has 1 aliphatic heterocycles. The maximum absolute atomic E-state index is 10.5. The third-order valence-electron chi connectivity index (χ3n) is 4.10. The number of nitrogens with zero attached hydrogens (tertiary/aromatic N) is 2. The van der Waals surface area contributed by atoms with Crippen LogP contribution in [0.15, 0.2) is 18.9 Å². The molecule has 1 aromatic rings. The number of aromatic hydroxyl groups is 1. The predicted molar refractivity (Wildman–Crippen MR) is 97.7 cm³/mol. The van der Waals surface area contributed by atoms with Crippen molar-refractivity contribution in [2.75, 3.05) is 26.2 Å². The van der Waals surface area contributed by atoms with E-state index in [1.807, 2.05) is 6.08 Å². The summed E-state index contributed by atoms with van der Waals surface area (Å²) in [5.41, 5.74) is 2.15. The van der Waals surface area contributed by atoms with Gasteiger partial charge in [0.15, 0.2) is 0 Å². The number of nitrogens with one attached hydrogen (secondary N) is 1. The Balaban J connectivity index is 0.00000242. The topological polar surface area (TPSA) is 68.6 Å². The predicted octanol–water partition coefficient (Wildman–Crippen LogP) is 2.34. The van der Waals surface area contributed by atoms with Gasteiger partial charge in [0, 0.05) is 49.5 Å². The lowest BCUT2D eigenvalue weighted by atomic mass is 9.94. The molecule has 132 valence electrons. The largest absolute Gasteiger partial charge is 0.506 e. The first-order chi connectivity index (χ1) is 10.2. The van der Waals surface area contributed by atoms with Gasteiger partial charge in [-0.3, -0.25) is 9.88 Å².